The summed E-state index contributed by atoms with van der Waals surface area (Å²) in [5, 5.41) is 13.1. The van der Waals surface area contributed by atoms with Gasteiger partial charge in [0.1, 0.15) is 11.6 Å². The molecular formula is C19H17N5OS2. The van der Waals surface area contributed by atoms with E-state index in [0.29, 0.717) is 10.3 Å². The van der Waals surface area contributed by atoms with Crippen molar-refractivity contribution >= 4 is 40.4 Å². The number of thioether (sulfide) groups is 1. The number of carbonyl (C=O) groups excluding carboxylic acids is 1. The van der Waals surface area contributed by atoms with Gasteiger partial charge in [-0.1, -0.05) is 36.4 Å². The van der Waals surface area contributed by atoms with Crippen molar-refractivity contribution in [3.8, 4) is 11.8 Å². The van der Waals surface area contributed by atoms with Gasteiger partial charge in [-0.2, -0.15) is 14.6 Å². The number of rotatable bonds is 6. The van der Waals surface area contributed by atoms with Crippen molar-refractivity contribution in [2.75, 3.05) is 11.1 Å². The molecule has 0 aliphatic heterocycles. The molecular weight excluding hydrogens is 378 g/mol. The standard InChI is InChI=1S/C19H17N5OS2/c1-3-26-19-22-18(27-23-19)21-17(25)14(12-20)11-16-5-4-10-24(16)15-8-6-13(2)7-9-15/h4-11H,3H2,1-2H3,(H,21,22,23,25)/b14-11-. The lowest BCUT2D eigenvalue weighted by molar-refractivity contribution is -0.112. The quantitative estimate of drug-likeness (QED) is 0.382. The van der Waals surface area contributed by atoms with Gasteiger partial charge in [-0.25, -0.2) is 0 Å². The van der Waals surface area contributed by atoms with Gasteiger partial charge in [0.15, 0.2) is 0 Å². The van der Waals surface area contributed by atoms with Gasteiger partial charge in [-0.15, -0.1) is 0 Å². The van der Waals surface area contributed by atoms with Gasteiger partial charge >= 0.3 is 0 Å². The fourth-order valence-corrected chi connectivity index (χ4v) is 3.63. The highest BCUT2D eigenvalue weighted by Gasteiger charge is 2.14. The topological polar surface area (TPSA) is 83.6 Å². The highest BCUT2D eigenvalue weighted by molar-refractivity contribution is 7.99. The molecule has 1 amide bonds. The summed E-state index contributed by atoms with van der Waals surface area (Å²) in [5.74, 6) is 0.349. The van der Waals surface area contributed by atoms with Crippen LogP contribution in [0.3, 0.4) is 0 Å². The van der Waals surface area contributed by atoms with Gasteiger partial charge in [-0.3, -0.25) is 10.1 Å². The molecule has 2 heterocycles. The average Bonchev–Trinajstić information content (AvgIpc) is 3.30. The van der Waals surface area contributed by atoms with Crippen LogP contribution in [0.1, 0.15) is 18.2 Å². The van der Waals surface area contributed by atoms with Crippen LogP contribution in [-0.4, -0.2) is 25.6 Å². The minimum absolute atomic E-state index is 0.00181. The highest BCUT2D eigenvalue weighted by atomic mass is 32.2. The third kappa shape index (κ3) is 4.64. The number of benzene rings is 1. The fourth-order valence-electron chi connectivity index (χ4n) is 2.36. The van der Waals surface area contributed by atoms with E-state index in [9.17, 15) is 10.1 Å². The maximum atomic E-state index is 12.5. The zero-order valence-electron chi connectivity index (χ0n) is 14.8. The van der Waals surface area contributed by atoms with Gasteiger partial charge < -0.3 is 4.57 Å². The highest BCUT2D eigenvalue weighted by Crippen LogP contribution is 2.21. The Morgan fingerprint density at radius 2 is 2.15 bits per heavy atom. The number of aromatic nitrogens is 3. The number of anilines is 1. The third-order valence-electron chi connectivity index (χ3n) is 3.65. The Morgan fingerprint density at radius 1 is 1.37 bits per heavy atom. The molecule has 0 atom stereocenters. The van der Waals surface area contributed by atoms with E-state index in [1.807, 2.05) is 67.1 Å². The number of nitriles is 1. The number of nitrogens with one attached hydrogen (secondary N) is 1. The summed E-state index contributed by atoms with van der Waals surface area (Å²) >= 11 is 2.59. The summed E-state index contributed by atoms with van der Waals surface area (Å²) < 4.78 is 6.07. The molecule has 0 unspecified atom stereocenters. The molecule has 0 spiro atoms. The van der Waals surface area contributed by atoms with E-state index in [0.717, 1.165) is 34.2 Å². The normalized spacial score (nSPS) is 11.2. The van der Waals surface area contributed by atoms with E-state index < -0.39 is 5.91 Å². The smallest absolute Gasteiger partial charge is 0.268 e. The average molecular weight is 396 g/mol. The first kappa shape index (κ1) is 18.9. The monoisotopic (exact) mass is 395 g/mol. The minimum Gasteiger partial charge on any atom is -0.317 e. The van der Waals surface area contributed by atoms with Crippen LogP contribution in [0.5, 0.6) is 0 Å². The molecule has 0 radical (unpaired) electrons. The van der Waals surface area contributed by atoms with E-state index in [1.165, 1.54) is 11.8 Å². The molecule has 6 nitrogen and oxygen atoms in total. The van der Waals surface area contributed by atoms with E-state index in [-0.39, 0.29) is 5.57 Å². The van der Waals surface area contributed by atoms with Crippen molar-refractivity contribution in [1.29, 1.82) is 5.26 Å². The van der Waals surface area contributed by atoms with Crippen LogP contribution in [0, 0.1) is 18.3 Å². The number of amides is 1. The van der Waals surface area contributed by atoms with E-state index in [4.69, 9.17) is 0 Å². The Labute approximate surface area is 165 Å². The van der Waals surface area contributed by atoms with Crippen molar-refractivity contribution in [2.24, 2.45) is 0 Å². The van der Waals surface area contributed by atoms with Crippen LogP contribution in [0.15, 0.2) is 53.3 Å². The molecule has 0 aliphatic carbocycles. The summed E-state index contributed by atoms with van der Waals surface area (Å²) in [5.41, 5.74) is 2.87. The van der Waals surface area contributed by atoms with Crippen LogP contribution in [0.2, 0.25) is 0 Å². The SMILES string of the molecule is CCSc1nsc(NC(=O)/C(C#N)=C\c2cccn2-c2ccc(C)cc2)n1. The maximum absolute atomic E-state index is 12.5. The van der Waals surface area contributed by atoms with Crippen molar-refractivity contribution in [3.63, 3.8) is 0 Å². The second-order valence-corrected chi connectivity index (χ2v) is 7.56. The Morgan fingerprint density at radius 3 is 2.85 bits per heavy atom. The largest absolute Gasteiger partial charge is 0.317 e. The van der Waals surface area contributed by atoms with E-state index in [2.05, 4.69) is 14.7 Å². The molecule has 0 saturated heterocycles. The van der Waals surface area contributed by atoms with Crippen molar-refractivity contribution < 1.29 is 4.79 Å². The minimum atomic E-state index is -0.502. The number of nitrogens with zero attached hydrogens (tertiary/aromatic N) is 4. The van der Waals surface area contributed by atoms with Crippen LogP contribution in [0.4, 0.5) is 5.13 Å². The lowest BCUT2D eigenvalue weighted by Crippen LogP contribution is -2.13. The van der Waals surface area contributed by atoms with E-state index in [1.54, 1.807) is 6.08 Å². The summed E-state index contributed by atoms with van der Waals surface area (Å²) in [6, 6.07) is 13.7. The van der Waals surface area contributed by atoms with Gasteiger partial charge in [-0.05, 0) is 43.0 Å². The molecule has 0 saturated carbocycles. The molecule has 8 heteroatoms. The van der Waals surface area contributed by atoms with Crippen LogP contribution in [-0.2, 0) is 4.79 Å². The van der Waals surface area contributed by atoms with Gasteiger partial charge in [0.05, 0.1) is 0 Å². The van der Waals surface area contributed by atoms with Crippen LogP contribution in [0.25, 0.3) is 11.8 Å². The number of carbonyl (C=O) groups is 1. The molecule has 0 bridgehead atoms. The zero-order chi connectivity index (χ0) is 19.2. The van der Waals surface area contributed by atoms with Crippen LogP contribution < -0.4 is 5.32 Å². The van der Waals surface area contributed by atoms with Crippen LogP contribution >= 0.6 is 23.3 Å². The lowest BCUT2D eigenvalue weighted by Gasteiger charge is -2.07. The predicted molar refractivity (Wildman–Crippen MR) is 109 cm³/mol. The molecule has 3 aromatic rings. The Balaban J connectivity index is 1.82. The predicted octanol–water partition coefficient (Wildman–Crippen LogP) is 4.29. The number of hydrogen-bond acceptors (Lipinski definition) is 6. The second-order valence-electron chi connectivity index (χ2n) is 5.58. The molecule has 1 aromatic carbocycles. The molecule has 27 heavy (non-hydrogen) atoms. The van der Waals surface area contributed by atoms with Crippen molar-refractivity contribution in [1.82, 2.24) is 13.9 Å². The summed E-state index contributed by atoms with van der Waals surface area (Å²) in [6.45, 7) is 4.03. The van der Waals surface area contributed by atoms with Crippen molar-refractivity contribution in [3.05, 3.63) is 59.4 Å². The summed E-state index contributed by atoms with van der Waals surface area (Å²) in [6.07, 6.45) is 3.46. The zero-order valence-corrected chi connectivity index (χ0v) is 16.5. The maximum Gasteiger partial charge on any atom is 0.268 e. The first-order valence-corrected chi connectivity index (χ1v) is 10.0. The number of hydrogen-bond donors (Lipinski definition) is 1. The summed E-state index contributed by atoms with van der Waals surface area (Å²) in [4.78, 5) is 16.7. The summed E-state index contributed by atoms with van der Waals surface area (Å²) in [7, 11) is 0. The number of aryl methyl sites for hydroxylation is 1. The first-order chi connectivity index (χ1) is 13.1. The Kier molecular flexibility index (Phi) is 6.06. The van der Waals surface area contributed by atoms with Crippen molar-refractivity contribution in [2.45, 2.75) is 19.0 Å². The van der Waals surface area contributed by atoms with Gasteiger partial charge in [0.2, 0.25) is 10.3 Å². The molecule has 0 fully saturated rings. The van der Waals surface area contributed by atoms with E-state index >= 15 is 0 Å². The fraction of sp³-hybridized carbons (Fsp3) is 0.158. The third-order valence-corrected chi connectivity index (χ3v) is 5.13. The molecule has 1 N–H and O–H groups in total. The first-order valence-electron chi connectivity index (χ1n) is 8.24. The molecule has 136 valence electrons. The molecule has 0 aliphatic rings. The molecule has 2 aromatic heterocycles. The van der Waals surface area contributed by atoms with Gasteiger partial charge in [0, 0.05) is 29.1 Å². The molecule has 3 rings (SSSR count). The Bertz CT molecular complexity index is 1010. The lowest BCUT2D eigenvalue weighted by atomic mass is 10.2. The Hall–Kier alpha value is -2.89. The van der Waals surface area contributed by atoms with Gasteiger partial charge in [0.25, 0.3) is 5.91 Å². The second kappa shape index (κ2) is 8.66.